The van der Waals surface area contributed by atoms with Gasteiger partial charge in [-0.05, 0) is 47.5 Å². The number of hydrogen-bond donors (Lipinski definition) is 1. The molecule has 0 unspecified atom stereocenters. The first-order chi connectivity index (χ1) is 9.97. The topological polar surface area (TPSA) is 59.3 Å². The van der Waals surface area contributed by atoms with Gasteiger partial charge in [-0.3, -0.25) is 9.48 Å². The van der Waals surface area contributed by atoms with Crippen molar-refractivity contribution in [3.63, 3.8) is 0 Å². The van der Waals surface area contributed by atoms with Crippen molar-refractivity contribution in [3.8, 4) is 0 Å². The Hall–Kier alpha value is -2.02. The highest BCUT2D eigenvalue weighted by Gasteiger charge is 2.11. The summed E-state index contributed by atoms with van der Waals surface area (Å²) < 4.78 is 15.2. The summed E-state index contributed by atoms with van der Waals surface area (Å²) in [6.45, 7) is 3.82. The lowest BCUT2D eigenvalue weighted by molar-refractivity contribution is -0.121. The zero-order valence-corrected chi connectivity index (χ0v) is 13.2. The molecule has 0 radical (unpaired) electrons. The number of carbonyl (C=O) groups is 1. The Morgan fingerprint density at radius 3 is 2.67 bits per heavy atom. The predicted octanol–water partition coefficient (Wildman–Crippen LogP) is 2.55. The zero-order chi connectivity index (χ0) is 15.4. The highest BCUT2D eigenvalue weighted by atomic mass is 79.9. The van der Waals surface area contributed by atoms with Gasteiger partial charge in [0, 0.05) is 0 Å². The molecule has 7 heteroatoms. The molecule has 110 valence electrons. The minimum Gasteiger partial charge on any atom is -0.271 e. The molecule has 0 fully saturated rings. The number of nitrogens with zero attached hydrogens (tertiary/aromatic N) is 3. The van der Waals surface area contributed by atoms with Gasteiger partial charge in [0.25, 0.3) is 5.91 Å². The van der Waals surface area contributed by atoms with Crippen molar-refractivity contribution in [2.45, 2.75) is 20.4 Å². The van der Waals surface area contributed by atoms with Crippen LogP contribution in [-0.4, -0.2) is 21.9 Å². The van der Waals surface area contributed by atoms with E-state index in [0.29, 0.717) is 5.56 Å². The summed E-state index contributed by atoms with van der Waals surface area (Å²) >= 11 is 3.40. The summed E-state index contributed by atoms with van der Waals surface area (Å²) in [7, 11) is 0. The monoisotopic (exact) mass is 352 g/mol. The lowest BCUT2D eigenvalue weighted by atomic mass is 10.2. The molecule has 0 saturated carbocycles. The van der Waals surface area contributed by atoms with Crippen molar-refractivity contribution >= 4 is 28.1 Å². The van der Waals surface area contributed by atoms with E-state index < -0.39 is 0 Å². The zero-order valence-electron chi connectivity index (χ0n) is 11.6. The normalized spacial score (nSPS) is 11.0. The summed E-state index contributed by atoms with van der Waals surface area (Å²) in [5.74, 6) is -0.599. The maximum absolute atomic E-state index is 12.7. The Morgan fingerprint density at radius 2 is 2.10 bits per heavy atom. The van der Waals surface area contributed by atoms with Gasteiger partial charge < -0.3 is 0 Å². The van der Waals surface area contributed by atoms with Crippen molar-refractivity contribution in [3.05, 3.63) is 51.5 Å². The quantitative estimate of drug-likeness (QED) is 0.678. The van der Waals surface area contributed by atoms with E-state index in [2.05, 4.69) is 31.6 Å². The SMILES string of the molecule is Cc1nn(CC(=O)N/N=C/c2ccc(F)cc2)c(C)c1Br. The van der Waals surface area contributed by atoms with E-state index in [1.807, 2.05) is 13.8 Å². The second-order valence-electron chi connectivity index (χ2n) is 4.49. The summed E-state index contributed by atoms with van der Waals surface area (Å²) in [6.07, 6.45) is 1.45. The lowest BCUT2D eigenvalue weighted by Crippen LogP contribution is -2.24. The van der Waals surface area contributed by atoms with E-state index in [9.17, 15) is 9.18 Å². The molecule has 1 N–H and O–H groups in total. The molecule has 1 heterocycles. The van der Waals surface area contributed by atoms with Crippen LogP contribution in [0.4, 0.5) is 4.39 Å². The maximum Gasteiger partial charge on any atom is 0.261 e. The van der Waals surface area contributed by atoms with E-state index in [4.69, 9.17) is 0 Å². The standard InChI is InChI=1S/C14H14BrFN4O/c1-9-14(15)10(2)20(19-9)8-13(21)18-17-7-11-3-5-12(16)6-4-11/h3-7H,8H2,1-2H3,(H,18,21)/b17-7+. The van der Waals surface area contributed by atoms with E-state index in [1.54, 1.807) is 16.8 Å². The van der Waals surface area contributed by atoms with Crippen LogP contribution in [0.3, 0.4) is 0 Å². The fourth-order valence-electron chi connectivity index (χ4n) is 1.73. The Balaban J connectivity index is 1.93. The van der Waals surface area contributed by atoms with Crippen molar-refractivity contribution in [2.24, 2.45) is 5.10 Å². The van der Waals surface area contributed by atoms with Crippen LogP contribution in [0.5, 0.6) is 0 Å². The number of nitrogens with one attached hydrogen (secondary N) is 1. The van der Waals surface area contributed by atoms with Crippen LogP contribution in [0, 0.1) is 19.7 Å². The van der Waals surface area contributed by atoms with Crippen LogP contribution in [0.25, 0.3) is 0 Å². The third-order valence-electron chi connectivity index (χ3n) is 2.86. The largest absolute Gasteiger partial charge is 0.271 e. The Labute approximate surface area is 130 Å². The number of aromatic nitrogens is 2. The number of halogens is 2. The van der Waals surface area contributed by atoms with Gasteiger partial charge in [0.15, 0.2) is 0 Å². The van der Waals surface area contributed by atoms with Crippen molar-refractivity contribution < 1.29 is 9.18 Å². The second kappa shape index (κ2) is 6.62. The predicted molar refractivity (Wildman–Crippen MR) is 81.5 cm³/mol. The van der Waals surface area contributed by atoms with E-state index >= 15 is 0 Å². The molecule has 5 nitrogen and oxygen atoms in total. The van der Waals surface area contributed by atoms with E-state index in [-0.39, 0.29) is 18.3 Å². The van der Waals surface area contributed by atoms with Gasteiger partial charge in [0.1, 0.15) is 12.4 Å². The molecule has 0 aliphatic heterocycles. The fourth-order valence-corrected chi connectivity index (χ4v) is 2.01. The molecule has 21 heavy (non-hydrogen) atoms. The number of hydrazone groups is 1. The molecule has 0 saturated heterocycles. The van der Waals surface area contributed by atoms with Crippen LogP contribution >= 0.6 is 15.9 Å². The Morgan fingerprint density at radius 1 is 1.43 bits per heavy atom. The number of aryl methyl sites for hydroxylation is 1. The van der Waals surface area contributed by atoms with Crippen LogP contribution in [0.1, 0.15) is 17.0 Å². The fraction of sp³-hybridized carbons (Fsp3) is 0.214. The van der Waals surface area contributed by atoms with Crippen LogP contribution in [0.15, 0.2) is 33.8 Å². The van der Waals surface area contributed by atoms with E-state index in [1.165, 1.54) is 18.3 Å². The van der Waals surface area contributed by atoms with Crippen molar-refractivity contribution in [1.82, 2.24) is 15.2 Å². The molecule has 1 amide bonds. The molecule has 2 aromatic rings. The number of hydrogen-bond acceptors (Lipinski definition) is 3. The summed E-state index contributed by atoms with van der Waals surface area (Å²) in [5.41, 5.74) is 4.82. The minimum atomic E-state index is -0.314. The summed E-state index contributed by atoms with van der Waals surface area (Å²) in [6, 6.07) is 5.80. The number of amides is 1. The van der Waals surface area contributed by atoms with Crippen LogP contribution in [0.2, 0.25) is 0 Å². The number of benzene rings is 1. The molecule has 1 aromatic heterocycles. The number of carbonyl (C=O) groups excluding carboxylic acids is 1. The molecule has 0 bridgehead atoms. The van der Waals surface area contributed by atoms with Gasteiger partial charge in [-0.25, -0.2) is 9.82 Å². The average Bonchev–Trinajstić information content (AvgIpc) is 2.68. The van der Waals surface area contributed by atoms with Gasteiger partial charge in [-0.1, -0.05) is 12.1 Å². The van der Waals surface area contributed by atoms with Crippen molar-refractivity contribution in [1.29, 1.82) is 0 Å². The molecule has 0 atom stereocenters. The first kappa shape index (κ1) is 15.4. The van der Waals surface area contributed by atoms with E-state index in [0.717, 1.165) is 15.9 Å². The van der Waals surface area contributed by atoms with Crippen LogP contribution in [-0.2, 0) is 11.3 Å². The summed E-state index contributed by atoms with van der Waals surface area (Å²) in [4.78, 5) is 11.8. The first-order valence-corrected chi connectivity index (χ1v) is 7.03. The van der Waals surface area contributed by atoms with Gasteiger partial charge in [0.05, 0.1) is 22.1 Å². The molecular weight excluding hydrogens is 339 g/mol. The average molecular weight is 353 g/mol. The molecule has 1 aromatic carbocycles. The van der Waals surface area contributed by atoms with Crippen LogP contribution < -0.4 is 5.43 Å². The minimum absolute atomic E-state index is 0.0824. The Bertz CT molecular complexity index is 679. The lowest BCUT2D eigenvalue weighted by Gasteiger charge is -2.03. The maximum atomic E-state index is 12.7. The molecule has 0 aliphatic carbocycles. The van der Waals surface area contributed by atoms with Gasteiger partial charge in [-0.2, -0.15) is 10.2 Å². The highest BCUT2D eigenvalue weighted by molar-refractivity contribution is 9.10. The van der Waals surface area contributed by atoms with Gasteiger partial charge >= 0.3 is 0 Å². The smallest absolute Gasteiger partial charge is 0.261 e. The third-order valence-corrected chi connectivity index (χ3v) is 4.01. The molecule has 2 rings (SSSR count). The first-order valence-electron chi connectivity index (χ1n) is 6.24. The Kier molecular flexibility index (Phi) is 4.85. The second-order valence-corrected chi connectivity index (χ2v) is 5.28. The highest BCUT2D eigenvalue weighted by Crippen LogP contribution is 2.19. The number of rotatable bonds is 4. The van der Waals surface area contributed by atoms with Crippen molar-refractivity contribution in [2.75, 3.05) is 0 Å². The summed E-state index contributed by atoms with van der Waals surface area (Å²) in [5, 5.41) is 8.07. The molecule has 0 spiro atoms. The van der Waals surface area contributed by atoms with Gasteiger partial charge in [0.2, 0.25) is 0 Å². The third kappa shape index (κ3) is 3.98. The molecule has 0 aliphatic rings. The molecular formula is C14H14BrFN4O. The van der Waals surface area contributed by atoms with Gasteiger partial charge in [-0.15, -0.1) is 0 Å².